The second kappa shape index (κ2) is 6.76. The Morgan fingerprint density at radius 3 is 3.00 bits per heavy atom. The van der Waals surface area contributed by atoms with Gasteiger partial charge in [0.25, 0.3) is 5.91 Å². The van der Waals surface area contributed by atoms with Gasteiger partial charge in [0, 0.05) is 27.7 Å². The van der Waals surface area contributed by atoms with Gasteiger partial charge in [0.15, 0.2) is 5.76 Å². The Bertz CT molecular complexity index is 1200. The van der Waals surface area contributed by atoms with E-state index in [0.29, 0.717) is 17.0 Å². The standard InChI is InChI=1S/C21H18BrN3O3/c1-11-14-9-12(22)4-7-17(14)28-19(11)21(26)23-13-5-6-15-16(10-13)25-20(24-15)18-3-2-8-27-18/h4-7,9-10,18H,2-3,8H2,1H3,(H,23,26)(H,24,25). The number of aromatic nitrogens is 2. The van der Waals surface area contributed by atoms with Gasteiger partial charge in [0.1, 0.15) is 17.5 Å². The Morgan fingerprint density at radius 1 is 1.29 bits per heavy atom. The summed E-state index contributed by atoms with van der Waals surface area (Å²) in [4.78, 5) is 20.7. The number of rotatable bonds is 3. The summed E-state index contributed by atoms with van der Waals surface area (Å²) in [5.74, 6) is 0.885. The van der Waals surface area contributed by atoms with Crippen molar-refractivity contribution in [2.75, 3.05) is 11.9 Å². The van der Waals surface area contributed by atoms with Crippen LogP contribution in [0.25, 0.3) is 22.0 Å². The second-order valence-corrected chi connectivity index (χ2v) is 7.92. The van der Waals surface area contributed by atoms with Crippen LogP contribution >= 0.6 is 15.9 Å². The van der Waals surface area contributed by atoms with Gasteiger partial charge in [0.2, 0.25) is 0 Å². The molecule has 1 fully saturated rings. The van der Waals surface area contributed by atoms with E-state index in [4.69, 9.17) is 9.15 Å². The highest BCUT2D eigenvalue weighted by molar-refractivity contribution is 9.10. The fraction of sp³-hybridized carbons (Fsp3) is 0.238. The van der Waals surface area contributed by atoms with Gasteiger partial charge in [-0.3, -0.25) is 4.79 Å². The molecule has 1 unspecified atom stereocenters. The minimum atomic E-state index is -0.275. The van der Waals surface area contributed by atoms with Crippen LogP contribution in [-0.2, 0) is 4.74 Å². The minimum Gasteiger partial charge on any atom is -0.451 e. The van der Waals surface area contributed by atoms with E-state index in [0.717, 1.165) is 51.7 Å². The Labute approximate surface area is 169 Å². The molecule has 4 aromatic rings. The van der Waals surface area contributed by atoms with Crippen molar-refractivity contribution in [1.82, 2.24) is 9.97 Å². The number of fused-ring (bicyclic) bond motifs is 2. The molecule has 6 nitrogen and oxygen atoms in total. The lowest BCUT2D eigenvalue weighted by Crippen LogP contribution is -2.12. The summed E-state index contributed by atoms with van der Waals surface area (Å²) in [6.45, 7) is 2.66. The van der Waals surface area contributed by atoms with Crippen LogP contribution in [0.15, 0.2) is 45.3 Å². The molecule has 0 aliphatic carbocycles. The average Bonchev–Trinajstić information content (AvgIpc) is 3.40. The number of anilines is 1. The van der Waals surface area contributed by atoms with Gasteiger partial charge in [-0.05, 0) is 56.2 Å². The Morgan fingerprint density at radius 2 is 2.18 bits per heavy atom. The molecule has 142 valence electrons. The van der Waals surface area contributed by atoms with Crippen LogP contribution in [0.1, 0.15) is 40.9 Å². The molecule has 0 spiro atoms. The molecule has 0 radical (unpaired) electrons. The first kappa shape index (κ1) is 17.5. The van der Waals surface area contributed by atoms with Gasteiger partial charge in [-0.1, -0.05) is 15.9 Å². The van der Waals surface area contributed by atoms with Gasteiger partial charge in [-0.2, -0.15) is 0 Å². The maximum absolute atomic E-state index is 12.8. The lowest BCUT2D eigenvalue weighted by molar-refractivity contribution is 0.0998. The van der Waals surface area contributed by atoms with Crippen LogP contribution in [-0.4, -0.2) is 22.5 Å². The lowest BCUT2D eigenvalue weighted by atomic mass is 10.1. The third kappa shape index (κ3) is 3.00. The average molecular weight is 440 g/mol. The number of amides is 1. The molecule has 3 heterocycles. The molecule has 1 atom stereocenters. The minimum absolute atomic E-state index is 0.0305. The van der Waals surface area contributed by atoms with E-state index in [1.165, 1.54) is 0 Å². The molecule has 7 heteroatoms. The normalized spacial score (nSPS) is 16.9. The Hall–Kier alpha value is -2.64. The molecule has 1 saturated heterocycles. The fourth-order valence-corrected chi connectivity index (χ4v) is 4.01. The zero-order valence-corrected chi connectivity index (χ0v) is 16.8. The number of aromatic amines is 1. The maximum atomic E-state index is 12.8. The molecule has 0 bridgehead atoms. The first-order valence-electron chi connectivity index (χ1n) is 9.20. The van der Waals surface area contributed by atoms with Crippen molar-refractivity contribution >= 4 is 49.5 Å². The summed E-state index contributed by atoms with van der Waals surface area (Å²) in [7, 11) is 0. The number of ether oxygens (including phenoxy) is 1. The van der Waals surface area contributed by atoms with E-state index < -0.39 is 0 Å². The third-order valence-electron chi connectivity index (χ3n) is 5.10. The summed E-state index contributed by atoms with van der Waals surface area (Å²) >= 11 is 3.46. The molecule has 2 aromatic carbocycles. The smallest absolute Gasteiger partial charge is 0.291 e. The molecule has 1 amide bonds. The largest absolute Gasteiger partial charge is 0.451 e. The zero-order valence-electron chi connectivity index (χ0n) is 15.2. The van der Waals surface area contributed by atoms with Crippen LogP contribution in [0.4, 0.5) is 5.69 Å². The number of halogens is 1. The number of carbonyl (C=O) groups is 1. The van der Waals surface area contributed by atoms with E-state index in [1.54, 1.807) is 0 Å². The number of nitrogens with zero attached hydrogens (tertiary/aromatic N) is 1. The van der Waals surface area contributed by atoms with Gasteiger partial charge in [0.05, 0.1) is 11.0 Å². The highest BCUT2D eigenvalue weighted by Gasteiger charge is 2.22. The molecule has 28 heavy (non-hydrogen) atoms. The molecule has 2 aromatic heterocycles. The summed E-state index contributed by atoms with van der Waals surface area (Å²) in [6.07, 6.45) is 2.06. The van der Waals surface area contributed by atoms with Gasteiger partial charge >= 0.3 is 0 Å². The predicted octanol–water partition coefficient (Wildman–Crippen LogP) is 5.48. The molecular weight excluding hydrogens is 422 g/mol. The number of nitrogens with one attached hydrogen (secondary N) is 2. The van der Waals surface area contributed by atoms with E-state index in [9.17, 15) is 4.79 Å². The predicted molar refractivity (Wildman–Crippen MR) is 111 cm³/mol. The monoisotopic (exact) mass is 439 g/mol. The number of hydrogen-bond acceptors (Lipinski definition) is 4. The molecular formula is C21H18BrN3O3. The molecule has 1 aliphatic rings. The van der Waals surface area contributed by atoms with Crippen molar-refractivity contribution < 1.29 is 13.9 Å². The maximum Gasteiger partial charge on any atom is 0.291 e. The van der Waals surface area contributed by atoms with Crippen molar-refractivity contribution in [1.29, 1.82) is 0 Å². The van der Waals surface area contributed by atoms with Gasteiger partial charge in [-0.25, -0.2) is 4.98 Å². The molecule has 2 N–H and O–H groups in total. The lowest BCUT2D eigenvalue weighted by Gasteiger charge is -2.04. The van der Waals surface area contributed by atoms with Crippen LogP contribution in [0.5, 0.6) is 0 Å². The second-order valence-electron chi connectivity index (χ2n) is 7.01. The molecule has 5 rings (SSSR count). The van der Waals surface area contributed by atoms with Crippen molar-refractivity contribution in [3.8, 4) is 0 Å². The van der Waals surface area contributed by atoms with E-state index in [-0.39, 0.29) is 12.0 Å². The van der Waals surface area contributed by atoms with E-state index in [2.05, 4.69) is 31.2 Å². The zero-order chi connectivity index (χ0) is 19.3. The highest BCUT2D eigenvalue weighted by Crippen LogP contribution is 2.30. The van der Waals surface area contributed by atoms with Crippen molar-refractivity contribution in [2.45, 2.75) is 25.9 Å². The van der Waals surface area contributed by atoms with Crippen molar-refractivity contribution in [2.24, 2.45) is 0 Å². The van der Waals surface area contributed by atoms with Gasteiger partial charge < -0.3 is 19.5 Å². The van der Waals surface area contributed by atoms with Crippen LogP contribution in [0, 0.1) is 6.92 Å². The number of benzene rings is 2. The van der Waals surface area contributed by atoms with Crippen LogP contribution in [0.3, 0.4) is 0 Å². The van der Waals surface area contributed by atoms with E-state index >= 15 is 0 Å². The topological polar surface area (TPSA) is 80.1 Å². The van der Waals surface area contributed by atoms with Crippen molar-refractivity contribution in [3.05, 3.63) is 58.0 Å². The summed E-state index contributed by atoms with van der Waals surface area (Å²) in [6, 6.07) is 11.3. The number of hydrogen-bond donors (Lipinski definition) is 2. The highest BCUT2D eigenvalue weighted by atomic mass is 79.9. The van der Waals surface area contributed by atoms with Crippen LogP contribution < -0.4 is 5.32 Å². The van der Waals surface area contributed by atoms with Gasteiger partial charge in [-0.15, -0.1) is 0 Å². The number of carbonyl (C=O) groups excluding carboxylic acids is 1. The van der Waals surface area contributed by atoms with E-state index in [1.807, 2.05) is 43.3 Å². The summed E-state index contributed by atoms with van der Waals surface area (Å²) < 4.78 is 12.4. The first-order chi connectivity index (χ1) is 13.6. The number of aryl methyl sites for hydroxylation is 1. The molecule has 0 saturated carbocycles. The van der Waals surface area contributed by atoms with Crippen LogP contribution in [0.2, 0.25) is 0 Å². The number of H-pyrrole nitrogens is 1. The number of furan rings is 1. The first-order valence-corrected chi connectivity index (χ1v) is 9.99. The Kier molecular flexibility index (Phi) is 4.21. The third-order valence-corrected chi connectivity index (χ3v) is 5.59. The SMILES string of the molecule is Cc1c(C(=O)Nc2ccc3nc(C4CCCO4)[nH]c3c2)oc2ccc(Br)cc12. The summed E-state index contributed by atoms with van der Waals surface area (Å²) in [5, 5.41) is 3.84. The summed E-state index contributed by atoms with van der Waals surface area (Å²) in [5.41, 5.74) is 3.91. The molecule has 1 aliphatic heterocycles. The Balaban J connectivity index is 1.43. The number of imidazole rings is 1. The quantitative estimate of drug-likeness (QED) is 0.442. The fourth-order valence-electron chi connectivity index (χ4n) is 3.65. The van der Waals surface area contributed by atoms with Crippen molar-refractivity contribution in [3.63, 3.8) is 0 Å².